The summed E-state index contributed by atoms with van der Waals surface area (Å²) < 4.78 is 34.6. The van der Waals surface area contributed by atoms with Crippen molar-refractivity contribution in [3.8, 4) is 22.6 Å². The first kappa shape index (κ1) is 15.6. The van der Waals surface area contributed by atoms with E-state index in [1.54, 1.807) is 36.4 Å². The first-order chi connectivity index (χ1) is 10.9. The third-order valence-corrected chi connectivity index (χ3v) is 4.73. The summed E-state index contributed by atoms with van der Waals surface area (Å²) in [6, 6.07) is 10.1. The van der Waals surface area contributed by atoms with Crippen molar-refractivity contribution in [2.24, 2.45) is 0 Å². The number of rotatable bonds is 3. The third kappa shape index (κ3) is 3.07. The second-order valence-electron chi connectivity index (χ2n) is 5.40. The molecule has 1 heterocycles. The molecule has 1 aliphatic heterocycles. The third-order valence-electron chi connectivity index (χ3n) is 3.62. The number of ether oxygens (including phenoxy) is 2. The first-order valence-corrected chi connectivity index (χ1v) is 9.00. The van der Waals surface area contributed by atoms with Crippen LogP contribution < -0.4 is 9.47 Å². The number of Topliss-reactive ketones (excluding diaryl/α,β-unsaturated/α-hetero) is 1. The Morgan fingerprint density at radius 1 is 1.04 bits per heavy atom. The Balaban J connectivity index is 2.17. The second-order valence-corrected chi connectivity index (χ2v) is 7.42. The molecule has 23 heavy (non-hydrogen) atoms. The number of hydrogen-bond donors (Lipinski definition) is 0. The largest absolute Gasteiger partial charge is 0.486 e. The van der Waals surface area contributed by atoms with Crippen LogP contribution in [0.1, 0.15) is 17.3 Å². The van der Waals surface area contributed by atoms with Crippen LogP contribution in [0.3, 0.4) is 0 Å². The fourth-order valence-corrected chi connectivity index (χ4v) is 3.15. The fourth-order valence-electron chi connectivity index (χ4n) is 2.49. The van der Waals surface area contributed by atoms with E-state index in [4.69, 9.17) is 9.47 Å². The van der Waals surface area contributed by atoms with E-state index in [1.807, 2.05) is 0 Å². The van der Waals surface area contributed by atoms with Crippen LogP contribution in [-0.4, -0.2) is 33.7 Å². The maximum atomic E-state index is 11.9. The van der Waals surface area contributed by atoms with Gasteiger partial charge in [-0.3, -0.25) is 4.79 Å². The van der Waals surface area contributed by atoms with Crippen LogP contribution in [0, 0.1) is 0 Å². The highest BCUT2D eigenvalue weighted by Gasteiger charge is 2.21. The van der Waals surface area contributed by atoms with Gasteiger partial charge in [-0.2, -0.15) is 0 Å². The highest BCUT2D eigenvalue weighted by molar-refractivity contribution is 7.90. The predicted molar refractivity (Wildman–Crippen MR) is 86.0 cm³/mol. The topological polar surface area (TPSA) is 69.7 Å². The molecule has 0 aromatic heterocycles. The lowest BCUT2D eigenvalue weighted by Gasteiger charge is -2.21. The molecule has 0 saturated heterocycles. The first-order valence-electron chi connectivity index (χ1n) is 7.11. The summed E-state index contributed by atoms with van der Waals surface area (Å²) in [5.74, 6) is 0.823. The second kappa shape index (κ2) is 5.70. The number of benzene rings is 2. The number of fused-ring (bicyclic) bond motifs is 1. The van der Waals surface area contributed by atoms with Crippen molar-refractivity contribution < 1.29 is 22.7 Å². The number of carbonyl (C=O) groups is 1. The molecule has 6 heteroatoms. The van der Waals surface area contributed by atoms with E-state index in [-0.39, 0.29) is 10.7 Å². The lowest BCUT2D eigenvalue weighted by Crippen LogP contribution is -2.17. The van der Waals surface area contributed by atoms with Crippen molar-refractivity contribution in [2.75, 3.05) is 19.5 Å². The van der Waals surface area contributed by atoms with Gasteiger partial charge in [0.15, 0.2) is 27.1 Å². The number of ketones is 1. The molecule has 0 saturated carbocycles. The summed E-state index contributed by atoms with van der Waals surface area (Å²) in [6.45, 7) is 2.28. The van der Waals surface area contributed by atoms with Gasteiger partial charge >= 0.3 is 0 Å². The summed E-state index contributed by atoms with van der Waals surface area (Å²) in [6.07, 6.45) is 1.16. The minimum Gasteiger partial charge on any atom is -0.486 e. The normalized spacial score (nSPS) is 13.7. The van der Waals surface area contributed by atoms with E-state index in [0.717, 1.165) is 6.26 Å². The van der Waals surface area contributed by atoms with E-state index in [0.29, 0.717) is 41.4 Å². The summed E-state index contributed by atoms with van der Waals surface area (Å²) >= 11 is 0. The monoisotopic (exact) mass is 332 g/mol. The maximum absolute atomic E-state index is 11.9. The molecule has 0 bridgehead atoms. The molecule has 0 spiro atoms. The summed E-state index contributed by atoms with van der Waals surface area (Å²) in [5.41, 5.74) is 1.85. The van der Waals surface area contributed by atoms with Crippen LogP contribution in [0.25, 0.3) is 11.1 Å². The van der Waals surface area contributed by atoms with Crippen molar-refractivity contribution in [3.05, 3.63) is 42.0 Å². The van der Waals surface area contributed by atoms with Gasteiger partial charge in [-0.25, -0.2) is 8.42 Å². The Morgan fingerprint density at radius 3 is 2.48 bits per heavy atom. The average Bonchev–Trinajstić information content (AvgIpc) is 2.53. The van der Waals surface area contributed by atoms with Crippen molar-refractivity contribution >= 4 is 15.6 Å². The van der Waals surface area contributed by atoms with Crippen molar-refractivity contribution in [2.45, 2.75) is 11.8 Å². The smallest absolute Gasteiger partial charge is 0.175 e. The van der Waals surface area contributed by atoms with Gasteiger partial charge in [0, 0.05) is 6.26 Å². The molecular formula is C17H16O5S. The minimum atomic E-state index is -3.30. The average molecular weight is 332 g/mol. The molecule has 0 N–H and O–H groups in total. The van der Waals surface area contributed by atoms with E-state index < -0.39 is 9.84 Å². The molecule has 5 nitrogen and oxygen atoms in total. The van der Waals surface area contributed by atoms with Crippen molar-refractivity contribution in [1.29, 1.82) is 0 Å². The Hall–Kier alpha value is -2.34. The van der Waals surface area contributed by atoms with Gasteiger partial charge in [0.2, 0.25) is 0 Å². The van der Waals surface area contributed by atoms with E-state index >= 15 is 0 Å². The lowest BCUT2D eigenvalue weighted by atomic mass is 10.00. The molecular weight excluding hydrogens is 316 g/mol. The Morgan fingerprint density at radius 2 is 1.78 bits per heavy atom. The van der Waals surface area contributed by atoms with Crippen LogP contribution in [0.2, 0.25) is 0 Å². The van der Waals surface area contributed by atoms with E-state index in [1.165, 1.54) is 6.92 Å². The fraction of sp³-hybridized carbons (Fsp3) is 0.235. The van der Waals surface area contributed by atoms with Gasteiger partial charge < -0.3 is 9.47 Å². The zero-order valence-corrected chi connectivity index (χ0v) is 13.6. The molecule has 0 amide bonds. The van der Waals surface area contributed by atoms with Gasteiger partial charge in [-0.15, -0.1) is 0 Å². The Labute approximate surface area is 134 Å². The van der Waals surface area contributed by atoms with E-state index in [9.17, 15) is 13.2 Å². The molecule has 0 radical (unpaired) electrons. The number of hydrogen-bond acceptors (Lipinski definition) is 5. The molecule has 0 aliphatic carbocycles. The summed E-state index contributed by atoms with van der Waals surface area (Å²) in [7, 11) is -3.30. The Kier molecular flexibility index (Phi) is 3.85. The van der Waals surface area contributed by atoms with Gasteiger partial charge in [0.1, 0.15) is 13.2 Å². The van der Waals surface area contributed by atoms with Gasteiger partial charge in [0.25, 0.3) is 0 Å². The molecule has 0 fully saturated rings. The number of carbonyl (C=O) groups excluding carboxylic acids is 1. The quantitative estimate of drug-likeness (QED) is 0.808. The number of sulfone groups is 1. The molecule has 0 atom stereocenters. The van der Waals surface area contributed by atoms with Crippen LogP contribution in [0.15, 0.2) is 41.3 Å². The van der Waals surface area contributed by atoms with E-state index in [2.05, 4.69) is 0 Å². The summed E-state index contributed by atoms with van der Waals surface area (Å²) in [5, 5.41) is 0. The van der Waals surface area contributed by atoms with Crippen LogP contribution in [0.5, 0.6) is 11.5 Å². The molecule has 2 aromatic rings. The van der Waals surface area contributed by atoms with Gasteiger partial charge in [0.05, 0.1) is 10.5 Å². The van der Waals surface area contributed by atoms with Crippen LogP contribution in [0.4, 0.5) is 0 Å². The molecule has 2 aromatic carbocycles. The maximum Gasteiger partial charge on any atom is 0.175 e. The molecule has 120 valence electrons. The van der Waals surface area contributed by atoms with Crippen molar-refractivity contribution in [1.82, 2.24) is 0 Å². The molecule has 3 rings (SSSR count). The zero-order chi connectivity index (χ0) is 16.6. The van der Waals surface area contributed by atoms with Crippen molar-refractivity contribution in [3.63, 3.8) is 0 Å². The van der Waals surface area contributed by atoms with Gasteiger partial charge in [-0.1, -0.05) is 12.1 Å². The SMILES string of the molecule is CC(=O)c1cc(-c2cccc(S(C)(=O)=O)c2)cc2c1OCCO2. The minimum absolute atomic E-state index is 0.132. The highest BCUT2D eigenvalue weighted by Crippen LogP contribution is 2.39. The van der Waals surface area contributed by atoms with Gasteiger partial charge in [-0.05, 0) is 42.3 Å². The molecule has 0 unspecified atom stereocenters. The lowest BCUT2D eigenvalue weighted by molar-refractivity contribution is 0.100. The van der Waals surface area contributed by atoms with Crippen LogP contribution >= 0.6 is 0 Å². The highest BCUT2D eigenvalue weighted by atomic mass is 32.2. The Bertz CT molecular complexity index is 884. The summed E-state index contributed by atoms with van der Waals surface area (Å²) in [4.78, 5) is 12.1. The zero-order valence-electron chi connectivity index (χ0n) is 12.8. The predicted octanol–water partition coefficient (Wildman–Crippen LogP) is 2.73. The van der Waals surface area contributed by atoms with Crippen LogP contribution in [-0.2, 0) is 9.84 Å². The standard InChI is InChI=1S/C17H16O5S/c1-11(18)15-9-13(10-16-17(15)22-7-6-21-16)12-4-3-5-14(8-12)23(2,19)20/h3-5,8-10H,6-7H2,1-2H3. The molecule has 1 aliphatic rings.